The summed E-state index contributed by atoms with van der Waals surface area (Å²) in [4.78, 5) is 53.1. The van der Waals surface area contributed by atoms with E-state index in [-0.39, 0.29) is 12.1 Å². The van der Waals surface area contributed by atoms with Gasteiger partial charge in [0.05, 0.1) is 22.5 Å². The summed E-state index contributed by atoms with van der Waals surface area (Å²) in [5.74, 6) is -3.51. The third kappa shape index (κ3) is 6.03. The number of aliphatic carboxylic acids is 2. The lowest BCUT2D eigenvalue weighted by molar-refractivity contribution is -0.393. The minimum Gasteiger partial charge on any atom is -0.481 e. The number of benzene rings is 1. The molecule has 0 spiro atoms. The molecule has 0 saturated heterocycles. The van der Waals surface area contributed by atoms with Crippen molar-refractivity contribution < 1.29 is 34.4 Å². The molecule has 1 atom stereocenters. The summed E-state index contributed by atoms with van der Waals surface area (Å²) in [7, 11) is 0. The molecule has 4 N–H and O–H groups in total. The Morgan fingerprint density at radius 1 is 1.12 bits per heavy atom. The Hall–Kier alpha value is -3.77. The molecule has 0 aromatic heterocycles. The molecule has 0 aliphatic rings. The highest BCUT2D eigenvalue weighted by Gasteiger charge is 2.22. The summed E-state index contributed by atoms with van der Waals surface area (Å²) in [6.07, 6.45) is -0.813. The van der Waals surface area contributed by atoms with Crippen LogP contribution in [0.1, 0.15) is 12.8 Å². The van der Waals surface area contributed by atoms with Crippen molar-refractivity contribution in [2.75, 3.05) is 11.9 Å². The standard InChI is InChI=1S/C13H14N4O9/c18-11(15-9(13(21)22)3-4-12(19)20)6-14-8-2-1-7(16(23)24)5-10(8)17(25)26/h1-2,5,9,14H,3-4,6H2,(H,15,18)(H,19,20)(H,21,22)/t9-/m0/s1. The SMILES string of the molecule is O=C(O)CC[C@H](NC(=O)CNc1ccc([N+](=O)[O-])cc1[N+](=O)[O-])C(=O)O. The molecule has 26 heavy (non-hydrogen) atoms. The molecule has 0 saturated carbocycles. The Morgan fingerprint density at radius 2 is 1.77 bits per heavy atom. The van der Waals surface area contributed by atoms with Gasteiger partial charge in [0.15, 0.2) is 0 Å². The van der Waals surface area contributed by atoms with Crippen LogP contribution in [-0.2, 0) is 14.4 Å². The van der Waals surface area contributed by atoms with Gasteiger partial charge in [-0.1, -0.05) is 0 Å². The van der Waals surface area contributed by atoms with Crippen LogP contribution in [0.2, 0.25) is 0 Å². The summed E-state index contributed by atoms with van der Waals surface area (Å²) in [6, 6.07) is 1.32. The Bertz CT molecular complexity index is 749. The van der Waals surface area contributed by atoms with Crippen LogP contribution in [0.5, 0.6) is 0 Å². The number of hydrogen-bond donors (Lipinski definition) is 4. The first-order chi connectivity index (χ1) is 12.1. The maximum atomic E-state index is 11.8. The van der Waals surface area contributed by atoms with E-state index < -0.39 is 58.1 Å². The third-order valence-electron chi connectivity index (χ3n) is 3.11. The minimum atomic E-state index is -1.44. The lowest BCUT2D eigenvalue weighted by Crippen LogP contribution is -2.43. The lowest BCUT2D eigenvalue weighted by atomic mass is 10.1. The lowest BCUT2D eigenvalue weighted by Gasteiger charge is -2.14. The average molecular weight is 370 g/mol. The fourth-order valence-corrected chi connectivity index (χ4v) is 1.88. The first-order valence-electron chi connectivity index (χ1n) is 7.02. The number of nitro benzene ring substituents is 2. The van der Waals surface area contributed by atoms with E-state index >= 15 is 0 Å². The van der Waals surface area contributed by atoms with Crippen LogP contribution in [0.4, 0.5) is 17.1 Å². The van der Waals surface area contributed by atoms with Crippen LogP contribution < -0.4 is 10.6 Å². The van der Waals surface area contributed by atoms with Gasteiger partial charge < -0.3 is 20.8 Å². The predicted octanol–water partition coefficient (Wildman–Crippen LogP) is 0.349. The summed E-state index contributed by atoms with van der Waals surface area (Å²) < 4.78 is 0. The largest absolute Gasteiger partial charge is 0.481 e. The van der Waals surface area contributed by atoms with Gasteiger partial charge >= 0.3 is 11.9 Å². The van der Waals surface area contributed by atoms with Crippen molar-refractivity contribution in [3.8, 4) is 0 Å². The van der Waals surface area contributed by atoms with E-state index in [0.29, 0.717) is 6.07 Å². The van der Waals surface area contributed by atoms with Crippen molar-refractivity contribution >= 4 is 34.9 Å². The maximum Gasteiger partial charge on any atom is 0.326 e. The molecule has 0 unspecified atom stereocenters. The van der Waals surface area contributed by atoms with Gasteiger partial charge in [0, 0.05) is 12.5 Å². The quantitative estimate of drug-likeness (QED) is 0.328. The molecule has 0 aliphatic heterocycles. The Kier molecular flexibility index (Phi) is 6.95. The van der Waals surface area contributed by atoms with Gasteiger partial charge in [0.2, 0.25) is 5.91 Å². The highest BCUT2D eigenvalue weighted by molar-refractivity contribution is 5.87. The smallest absolute Gasteiger partial charge is 0.326 e. The number of carbonyl (C=O) groups is 3. The Balaban J connectivity index is 2.77. The summed E-state index contributed by atoms with van der Waals surface area (Å²) >= 11 is 0. The van der Waals surface area contributed by atoms with Crippen molar-refractivity contribution in [2.45, 2.75) is 18.9 Å². The van der Waals surface area contributed by atoms with E-state index in [2.05, 4.69) is 10.6 Å². The number of hydrogen-bond acceptors (Lipinski definition) is 8. The number of nitro groups is 2. The summed E-state index contributed by atoms with van der Waals surface area (Å²) in [6.45, 7) is -0.560. The van der Waals surface area contributed by atoms with Gasteiger partial charge in [0.1, 0.15) is 11.7 Å². The fraction of sp³-hybridized carbons (Fsp3) is 0.308. The fourth-order valence-electron chi connectivity index (χ4n) is 1.88. The molecule has 13 nitrogen and oxygen atoms in total. The van der Waals surface area contributed by atoms with Crippen LogP contribution in [0.15, 0.2) is 18.2 Å². The molecule has 1 aromatic rings. The molecule has 0 aliphatic carbocycles. The number of rotatable bonds is 10. The van der Waals surface area contributed by atoms with Gasteiger partial charge in [-0.2, -0.15) is 0 Å². The molecule has 140 valence electrons. The number of anilines is 1. The predicted molar refractivity (Wildman–Crippen MR) is 84.7 cm³/mol. The number of nitrogens with zero attached hydrogens (tertiary/aromatic N) is 2. The van der Waals surface area contributed by atoms with Crippen LogP contribution in [0.25, 0.3) is 0 Å². The number of non-ortho nitro benzene ring substituents is 1. The second kappa shape index (κ2) is 8.91. The molecule has 13 heteroatoms. The van der Waals surface area contributed by atoms with Crippen molar-refractivity contribution in [1.82, 2.24) is 5.32 Å². The van der Waals surface area contributed by atoms with Crippen molar-refractivity contribution in [3.05, 3.63) is 38.4 Å². The van der Waals surface area contributed by atoms with E-state index in [9.17, 15) is 34.6 Å². The normalized spacial score (nSPS) is 11.2. The topological polar surface area (TPSA) is 202 Å². The van der Waals surface area contributed by atoms with E-state index in [1.165, 1.54) is 0 Å². The summed E-state index contributed by atoms with van der Waals surface area (Å²) in [5.41, 5.74) is -1.31. The number of amides is 1. The molecule has 0 bridgehead atoms. The molecule has 1 rings (SSSR count). The number of carboxylic acids is 2. The Morgan fingerprint density at radius 3 is 2.27 bits per heavy atom. The van der Waals surface area contributed by atoms with Crippen LogP contribution in [0, 0.1) is 20.2 Å². The highest BCUT2D eigenvalue weighted by Crippen LogP contribution is 2.28. The van der Waals surface area contributed by atoms with Gasteiger partial charge in [-0.15, -0.1) is 0 Å². The second-order valence-electron chi connectivity index (χ2n) is 4.96. The number of nitrogens with one attached hydrogen (secondary N) is 2. The zero-order valence-electron chi connectivity index (χ0n) is 13.1. The molecule has 0 fully saturated rings. The minimum absolute atomic E-state index is 0.173. The van der Waals surface area contributed by atoms with Gasteiger partial charge in [-0.3, -0.25) is 29.8 Å². The third-order valence-corrected chi connectivity index (χ3v) is 3.11. The summed E-state index contributed by atoms with van der Waals surface area (Å²) in [5, 5.41) is 43.6. The van der Waals surface area contributed by atoms with Crippen molar-refractivity contribution in [2.24, 2.45) is 0 Å². The molecule has 1 aromatic carbocycles. The number of carbonyl (C=O) groups excluding carboxylic acids is 1. The zero-order valence-corrected chi connectivity index (χ0v) is 13.1. The zero-order chi connectivity index (χ0) is 19.9. The van der Waals surface area contributed by atoms with E-state index in [0.717, 1.165) is 12.1 Å². The molecule has 1 amide bonds. The maximum absolute atomic E-state index is 11.8. The van der Waals surface area contributed by atoms with Crippen LogP contribution >= 0.6 is 0 Å². The van der Waals surface area contributed by atoms with Crippen LogP contribution in [-0.4, -0.2) is 50.5 Å². The van der Waals surface area contributed by atoms with Crippen LogP contribution in [0.3, 0.4) is 0 Å². The van der Waals surface area contributed by atoms with Gasteiger partial charge in [0.25, 0.3) is 11.4 Å². The first kappa shape index (κ1) is 20.3. The van der Waals surface area contributed by atoms with Gasteiger partial charge in [-0.05, 0) is 12.5 Å². The average Bonchev–Trinajstić information content (AvgIpc) is 2.55. The van der Waals surface area contributed by atoms with Gasteiger partial charge in [-0.25, -0.2) is 4.79 Å². The van der Waals surface area contributed by atoms with E-state index in [1.54, 1.807) is 0 Å². The first-order valence-corrected chi connectivity index (χ1v) is 7.02. The Labute approximate surface area is 144 Å². The highest BCUT2D eigenvalue weighted by atomic mass is 16.6. The van der Waals surface area contributed by atoms with E-state index in [4.69, 9.17) is 10.2 Å². The van der Waals surface area contributed by atoms with Crippen molar-refractivity contribution in [3.63, 3.8) is 0 Å². The molecule has 0 radical (unpaired) electrons. The second-order valence-corrected chi connectivity index (χ2v) is 4.96. The van der Waals surface area contributed by atoms with E-state index in [1.807, 2.05) is 0 Å². The monoisotopic (exact) mass is 370 g/mol. The molecular formula is C13H14N4O9. The number of carboxylic acid groups (broad SMARTS) is 2. The molecular weight excluding hydrogens is 356 g/mol. The van der Waals surface area contributed by atoms with Crippen molar-refractivity contribution in [1.29, 1.82) is 0 Å². The molecule has 0 heterocycles.